The molecule has 0 saturated carbocycles. The summed E-state index contributed by atoms with van der Waals surface area (Å²) < 4.78 is 11.6. The summed E-state index contributed by atoms with van der Waals surface area (Å²) in [6, 6.07) is 12.7. The molecular weight excluding hydrogens is 510 g/mol. The molecule has 0 spiro atoms. The molecule has 2 N–H and O–H groups in total. The number of carbonyl (C=O) groups excluding carboxylic acids is 2. The van der Waals surface area contributed by atoms with Crippen LogP contribution in [0.2, 0.25) is 0 Å². The Labute approximate surface area is 221 Å². The maximum Gasteiger partial charge on any atom is 0.219 e. The standard InChI is InChI=1S/C26H23N5O4S2/c1-14-6-11-21(35-14)22-17(12-27)24(28)31(18-4-3-5-19(32)23(18)22)25-29-30-26(37-25)36-13-20(33)15-7-9-16(34-2)10-8-15/h6-11,22H,3-5,13,28H2,1-2H3. The number of ether oxygens (including phenoxy) is 1. The van der Waals surface area contributed by atoms with Crippen molar-refractivity contribution >= 4 is 39.8 Å². The van der Waals surface area contributed by atoms with Gasteiger partial charge < -0.3 is 14.9 Å². The lowest BCUT2D eigenvalue weighted by atomic mass is 9.78. The highest BCUT2D eigenvalue weighted by atomic mass is 32.2. The lowest BCUT2D eigenvalue weighted by Crippen LogP contribution is -2.38. The van der Waals surface area contributed by atoms with Crippen molar-refractivity contribution in [3.05, 3.63) is 76.1 Å². The van der Waals surface area contributed by atoms with Gasteiger partial charge in [-0.2, -0.15) is 5.26 Å². The third kappa shape index (κ3) is 4.65. The van der Waals surface area contributed by atoms with Crippen LogP contribution in [0, 0.1) is 18.3 Å². The number of Topliss-reactive ketones (excluding diaryl/α,β-unsaturated/α-hetero) is 2. The molecule has 37 heavy (non-hydrogen) atoms. The van der Waals surface area contributed by atoms with Gasteiger partial charge in [-0.1, -0.05) is 23.1 Å². The number of aromatic nitrogens is 2. The molecule has 1 aliphatic carbocycles. The lowest BCUT2D eigenvalue weighted by Gasteiger charge is -2.37. The number of hydrogen-bond donors (Lipinski definition) is 1. The molecular formula is C26H23N5O4S2. The van der Waals surface area contributed by atoms with Gasteiger partial charge in [-0.3, -0.25) is 14.5 Å². The summed E-state index contributed by atoms with van der Waals surface area (Å²) in [5.41, 5.74) is 8.60. The maximum absolute atomic E-state index is 13.1. The van der Waals surface area contributed by atoms with Gasteiger partial charge in [-0.25, -0.2) is 0 Å². The number of allylic oxidation sites excluding steroid dienone is 3. The van der Waals surface area contributed by atoms with Gasteiger partial charge in [-0.15, -0.1) is 10.2 Å². The van der Waals surface area contributed by atoms with Gasteiger partial charge in [0.25, 0.3) is 0 Å². The Morgan fingerprint density at radius 1 is 1.27 bits per heavy atom. The topological polar surface area (TPSA) is 135 Å². The summed E-state index contributed by atoms with van der Waals surface area (Å²) >= 11 is 2.53. The number of rotatable bonds is 7. The van der Waals surface area contributed by atoms with Crippen molar-refractivity contribution in [1.82, 2.24) is 10.2 Å². The van der Waals surface area contributed by atoms with Gasteiger partial charge in [0, 0.05) is 23.3 Å². The van der Waals surface area contributed by atoms with Gasteiger partial charge in [0.15, 0.2) is 15.9 Å². The van der Waals surface area contributed by atoms with E-state index in [1.54, 1.807) is 42.3 Å². The maximum atomic E-state index is 13.1. The Kier molecular flexibility index (Phi) is 6.86. The van der Waals surface area contributed by atoms with Crippen LogP contribution >= 0.6 is 23.1 Å². The van der Waals surface area contributed by atoms with Crippen LogP contribution in [0.15, 0.2) is 67.8 Å². The van der Waals surface area contributed by atoms with Crippen LogP contribution in [-0.4, -0.2) is 34.6 Å². The SMILES string of the molecule is COc1ccc(C(=O)CSc2nnc(N3C(N)=C(C#N)C(c4ccc(C)o4)C4=C3CCCC4=O)s2)cc1. The summed E-state index contributed by atoms with van der Waals surface area (Å²) in [6.07, 6.45) is 1.67. The van der Waals surface area contributed by atoms with E-state index in [0.29, 0.717) is 62.8 Å². The van der Waals surface area contributed by atoms with Gasteiger partial charge >= 0.3 is 0 Å². The minimum absolute atomic E-state index is 0.0326. The highest BCUT2D eigenvalue weighted by molar-refractivity contribution is 8.01. The molecule has 9 nitrogen and oxygen atoms in total. The largest absolute Gasteiger partial charge is 0.497 e. The van der Waals surface area contributed by atoms with Crippen LogP contribution in [0.1, 0.15) is 47.1 Å². The summed E-state index contributed by atoms with van der Waals surface area (Å²) in [4.78, 5) is 27.4. The number of nitrogens with zero attached hydrogens (tertiary/aromatic N) is 4. The van der Waals surface area contributed by atoms with E-state index >= 15 is 0 Å². The minimum Gasteiger partial charge on any atom is -0.497 e. The molecule has 0 amide bonds. The molecule has 1 atom stereocenters. The van der Waals surface area contributed by atoms with E-state index in [9.17, 15) is 14.9 Å². The number of nitriles is 1. The molecule has 3 aromatic rings. The molecule has 2 aromatic heterocycles. The highest BCUT2D eigenvalue weighted by Crippen LogP contribution is 2.47. The molecule has 0 saturated heterocycles. The smallest absolute Gasteiger partial charge is 0.219 e. The van der Waals surface area contributed by atoms with Gasteiger partial charge in [0.1, 0.15) is 23.1 Å². The zero-order chi connectivity index (χ0) is 26.1. The second kappa shape index (κ2) is 10.2. The summed E-state index contributed by atoms with van der Waals surface area (Å²) in [7, 11) is 1.57. The Morgan fingerprint density at radius 2 is 2.05 bits per heavy atom. The lowest BCUT2D eigenvalue weighted by molar-refractivity contribution is -0.116. The first-order valence-electron chi connectivity index (χ1n) is 11.6. The molecule has 188 valence electrons. The fourth-order valence-corrected chi connectivity index (χ4v) is 6.31. The van der Waals surface area contributed by atoms with Gasteiger partial charge in [-0.05, 0) is 56.2 Å². The van der Waals surface area contributed by atoms with E-state index in [0.717, 1.165) is 0 Å². The zero-order valence-corrected chi connectivity index (χ0v) is 21.8. The zero-order valence-electron chi connectivity index (χ0n) is 20.2. The molecule has 3 heterocycles. The van der Waals surface area contributed by atoms with Crippen LogP contribution in [0.3, 0.4) is 0 Å². The van der Waals surface area contributed by atoms with Crippen molar-refractivity contribution in [3.63, 3.8) is 0 Å². The number of carbonyl (C=O) groups is 2. The first-order chi connectivity index (χ1) is 17.9. The summed E-state index contributed by atoms with van der Waals surface area (Å²) in [5, 5.41) is 19.0. The van der Waals surface area contributed by atoms with Crippen LogP contribution in [0.5, 0.6) is 5.75 Å². The predicted octanol–water partition coefficient (Wildman–Crippen LogP) is 4.73. The van der Waals surface area contributed by atoms with Gasteiger partial charge in [0.05, 0.1) is 30.4 Å². The quantitative estimate of drug-likeness (QED) is 0.335. The van der Waals surface area contributed by atoms with E-state index in [4.69, 9.17) is 14.9 Å². The highest BCUT2D eigenvalue weighted by Gasteiger charge is 2.42. The third-order valence-corrected chi connectivity index (χ3v) is 8.33. The molecule has 1 aromatic carbocycles. The number of anilines is 1. The molecule has 11 heteroatoms. The number of ketones is 2. The van der Waals surface area contributed by atoms with Gasteiger partial charge in [0.2, 0.25) is 5.13 Å². The molecule has 1 aliphatic heterocycles. The van der Waals surface area contributed by atoms with E-state index in [1.807, 2.05) is 13.0 Å². The van der Waals surface area contributed by atoms with E-state index in [-0.39, 0.29) is 28.7 Å². The number of nitrogens with two attached hydrogens (primary N) is 1. The molecule has 0 fully saturated rings. The third-order valence-electron chi connectivity index (χ3n) is 6.28. The first-order valence-corrected chi connectivity index (χ1v) is 13.4. The fraction of sp³-hybridized carbons (Fsp3) is 0.269. The van der Waals surface area contributed by atoms with Crippen LogP contribution in [0.25, 0.3) is 0 Å². The average Bonchev–Trinajstić information content (AvgIpc) is 3.55. The normalized spacial score (nSPS) is 17.6. The fourth-order valence-electron chi connectivity index (χ4n) is 4.54. The number of furan rings is 1. The molecule has 0 radical (unpaired) electrons. The molecule has 2 aliphatic rings. The summed E-state index contributed by atoms with van der Waals surface area (Å²) in [6.45, 7) is 1.82. The Balaban J connectivity index is 1.43. The van der Waals surface area contributed by atoms with Crippen LogP contribution < -0.4 is 15.4 Å². The van der Waals surface area contributed by atoms with Crippen molar-refractivity contribution in [2.45, 2.75) is 36.4 Å². The van der Waals surface area contributed by atoms with Crippen LogP contribution in [-0.2, 0) is 4.79 Å². The Hall–Kier alpha value is -3.88. The molecule has 5 rings (SSSR count). The van der Waals surface area contributed by atoms with Crippen molar-refractivity contribution in [1.29, 1.82) is 5.26 Å². The number of hydrogen-bond acceptors (Lipinski definition) is 11. The van der Waals surface area contributed by atoms with Crippen molar-refractivity contribution in [2.24, 2.45) is 5.73 Å². The average molecular weight is 534 g/mol. The van der Waals surface area contributed by atoms with Crippen molar-refractivity contribution < 1.29 is 18.7 Å². The second-order valence-electron chi connectivity index (χ2n) is 8.56. The van der Waals surface area contributed by atoms with Crippen LogP contribution in [0.4, 0.5) is 5.13 Å². The number of aryl methyl sites for hydroxylation is 1. The van der Waals surface area contributed by atoms with E-state index < -0.39 is 5.92 Å². The Bertz CT molecular complexity index is 1480. The number of benzene rings is 1. The minimum atomic E-state index is -0.651. The molecule has 0 bridgehead atoms. The second-order valence-corrected chi connectivity index (χ2v) is 10.7. The van der Waals surface area contributed by atoms with Crippen molar-refractivity contribution in [2.75, 3.05) is 17.8 Å². The Morgan fingerprint density at radius 3 is 2.73 bits per heavy atom. The molecule has 1 unspecified atom stereocenters. The number of thioether (sulfide) groups is 1. The first kappa shape index (κ1) is 24.8. The van der Waals surface area contributed by atoms with E-state index in [2.05, 4.69) is 16.3 Å². The van der Waals surface area contributed by atoms with E-state index in [1.165, 1.54) is 23.1 Å². The van der Waals surface area contributed by atoms with Crippen molar-refractivity contribution in [3.8, 4) is 11.8 Å². The summed E-state index contributed by atoms with van der Waals surface area (Å²) in [5.74, 6) is 1.54. The predicted molar refractivity (Wildman–Crippen MR) is 139 cm³/mol. The number of methoxy groups -OCH3 is 1. The monoisotopic (exact) mass is 533 g/mol.